The third-order valence-corrected chi connectivity index (χ3v) is 3.34. The highest BCUT2D eigenvalue weighted by Gasteiger charge is 2.24. The van der Waals surface area contributed by atoms with E-state index in [0.29, 0.717) is 18.7 Å². The van der Waals surface area contributed by atoms with Gasteiger partial charge in [0.15, 0.2) is 0 Å². The van der Waals surface area contributed by atoms with Gasteiger partial charge in [0.05, 0.1) is 6.54 Å². The van der Waals surface area contributed by atoms with Crippen molar-refractivity contribution in [1.29, 1.82) is 0 Å². The maximum Gasteiger partial charge on any atom is 0.222 e. The number of para-hydroxylation sites is 1. The zero-order valence-corrected chi connectivity index (χ0v) is 10.0. The largest absolute Gasteiger partial charge is 0.458 e. The minimum absolute atomic E-state index is 0.116. The van der Waals surface area contributed by atoms with E-state index in [1.165, 1.54) is 0 Å². The molecule has 4 heteroatoms. The van der Waals surface area contributed by atoms with E-state index in [2.05, 4.69) is 0 Å². The Morgan fingerprint density at radius 2 is 2.22 bits per heavy atom. The van der Waals surface area contributed by atoms with E-state index in [4.69, 9.17) is 4.42 Å². The minimum atomic E-state index is -0.751. The van der Waals surface area contributed by atoms with Gasteiger partial charge in [0.2, 0.25) is 5.91 Å². The van der Waals surface area contributed by atoms with Crippen molar-refractivity contribution < 1.29 is 14.3 Å². The van der Waals surface area contributed by atoms with E-state index in [9.17, 15) is 9.90 Å². The molecule has 2 aromatic rings. The second-order valence-electron chi connectivity index (χ2n) is 4.65. The first kappa shape index (κ1) is 11.3. The third kappa shape index (κ3) is 1.99. The standard InChI is InChI=1S/C14H15NO3/c16-11(9-15-7-3-6-14(15)17)13-8-10-4-1-2-5-12(10)18-13/h1-2,4-5,8,11,16H,3,6-7,9H2. The summed E-state index contributed by atoms with van der Waals surface area (Å²) in [4.78, 5) is 13.2. The molecule has 1 aliphatic heterocycles. The fraction of sp³-hybridized carbons (Fsp3) is 0.357. The topological polar surface area (TPSA) is 53.7 Å². The van der Waals surface area contributed by atoms with Gasteiger partial charge in [-0.2, -0.15) is 0 Å². The third-order valence-electron chi connectivity index (χ3n) is 3.34. The predicted molar refractivity (Wildman–Crippen MR) is 67.0 cm³/mol. The summed E-state index contributed by atoms with van der Waals surface area (Å²) in [7, 11) is 0. The fourth-order valence-corrected chi connectivity index (χ4v) is 2.36. The van der Waals surface area contributed by atoms with Crippen LogP contribution in [0.25, 0.3) is 11.0 Å². The van der Waals surface area contributed by atoms with Gasteiger partial charge >= 0.3 is 0 Å². The van der Waals surface area contributed by atoms with Gasteiger partial charge in [-0.15, -0.1) is 0 Å². The molecule has 0 spiro atoms. The van der Waals surface area contributed by atoms with Gasteiger partial charge in [-0.3, -0.25) is 4.79 Å². The molecule has 1 atom stereocenters. The van der Waals surface area contributed by atoms with Crippen LogP contribution in [0.15, 0.2) is 34.7 Å². The van der Waals surface area contributed by atoms with Gasteiger partial charge in [-0.05, 0) is 18.6 Å². The highest BCUT2D eigenvalue weighted by atomic mass is 16.4. The Labute approximate surface area is 105 Å². The van der Waals surface area contributed by atoms with Crippen molar-refractivity contribution in [2.24, 2.45) is 0 Å². The lowest BCUT2D eigenvalue weighted by Crippen LogP contribution is -2.29. The number of amides is 1. The van der Waals surface area contributed by atoms with Crippen molar-refractivity contribution in [3.05, 3.63) is 36.1 Å². The molecule has 1 unspecified atom stereocenters. The summed E-state index contributed by atoms with van der Waals surface area (Å²) >= 11 is 0. The van der Waals surface area contributed by atoms with Crippen molar-refractivity contribution in [2.75, 3.05) is 13.1 Å². The van der Waals surface area contributed by atoms with Gasteiger partial charge in [0.25, 0.3) is 0 Å². The number of likely N-dealkylation sites (tertiary alicyclic amines) is 1. The van der Waals surface area contributed by atoms with E-state index < -0.39 is 6.10 Å². The van der Waals surface area contributed by atoms with Crippen molar-refractivity contribution in [3.63, 3.8) is 0 Å². The Morgan fingerprint density at radius 1 is 1.39 bits per heavy atom. The lowest BCUT2D eigenvalue weighted by atomic mass is 10.2. The maximum absolute atomic E-state index is 11.5. The van der Waals surface area contributed by atoms with Crippen LogP contribution in [-0.2, 0) is 4.79 Å². The Balaban J connectivity index is 1.79. The molecule has 1 fully saturated rings. The molecule has 1 aromatic carbocycles. The smallest absolute Gasteiger partial charge is 0.222 e. The monoisotopic (exact) mass is 245 g/mol. The van der Waals surface area contributed by atoms with Crippen LogP contribution in [-0.4, -0.2) is 29.0 Å². The molecule has 1 N–H and O–H groups in total. The zero-order valence-electron chi connectivity index (χ0n) is 10.0. The lowest BCUT2D eigenvalue weighted by molar-refractivity contribution is -0.129. The van der Waals surface area contributed by atoms with Crippen LogP contribution < -0.4 is 0 Å². The number of rotatable bonds is 3. The van der Waals surface area contributed by atoms with Crippen LogP contribution in [0.1, 0.15) is 24.7 Å². The number of nitrogens with zero attached hydrogens (tertiary/aromatic N) is 1. The molecule has 94 valence electrons. The van der Waals surface area contributed by atoms with Crippen LogP contribution in [0.4, 0.5) is 0 Å². The zero-order chi connectivity index (χ0) is 12.5. The van der Waals surface area contributed by atoms with Crippen LogP contribution in [0, 0.1) is 0 Å². The summed E-state index contributed by atoms with van der Waals surface area (Å²) in [6.45, 7) is 1.05. The number of hydrogen-bond acceptors (Lipinski definition) is 3. The minimum Gasteiger partial charge on any atom is -0.458 e. The molecular formula is C14H15NO3. The highest BCUT2D eigenvalue weighted by molar-refractivity contribution is 5.79. The van der Waals surface area contributed by atoms with Crippen molar-refractivity contribution in [1.82, 2.24) is 4.90 Å². The van der Waals surface area contributed by atoms with Gasteiger partial charge in [0, 0.05) is 18.4 Å². The van der Waals surface area contributed by atoms with E-state index >= 15 is 0 Å². The van der Waals surface area contributed by atoms with Gasteiger partial charge < -0.3 is 14.4 Å². The molecule has 0 saturated carbocycles. The Morgan fingerprint density at radius 3 is 2.94 bits per heavy atom. The molecule has 1 aromatic heterocycles. The molecule has 1 amide bonds. The predicted octanol–water partition coefficient (Wildman–Crippen LogP) is 2.09. The van der Waals surface area contributed by atoms with Crippen LogP contribution in [0.5, 0.6) is 0 Å². The molecule has 1 aliphatic rings. The fourth-order valence-electron chi connectivity index (χ4n) is 2.36. The number of fused-ring (bicyclic) bond motifs is 1. The number of aliphatic hydroxyl groups excluding tert-OH is 1. The second kappa shape index (κ2) is 4.46. The summed E-state index contributed by atoms with van der Waals surface area (Å²) in [6, 6.07) is 9.47. The number of aliphatic hydroxyl groups is 1. The average Bonchev–Trinajstić information content (AvgIpc) is 2.96. The highest BCUT2D eigenvalue weighted by Crippen LogP contribution is 2.25. The molecule has 0 bridgehead atoms. The first-order chi connectivity index (χ1) is 8.74. The SMILES string of the molecule is O=C1CCCN1CC(O)c1cc2ccccc2o1. The van der Waals surface area contributed by atoms with Gasteiger partial charge in [-0.25, -0.2) is 0 Å². The number of furan rings is 1. The quantitative estimate of drug-likeness (QED) is 0.900. The number of hydrogen-bond donors (Lipinski definition) is 1. The van der Waals surface area contributed by atoms with Crippen LogP contribution >= 0.6 is 0 Å². The van der Waals surface area contributed by atoms with E-state index in [1.807, 2.05) is 30.3 Å². The molecule has 0 aliphatic carbocycles. The van der Waals surface area contributed by atoms with Gasteiger partial charge in [0.1, 0.15) is 17.4 Å². The van der Waals surface area contributed by atoms with Crippen LogP contribution in [0.3, 0.4) is 0 Å². The number of benzene rings is 1. The average molecular weight is 245 g/mol. The van der Waals surface area contributed by atoms with Crippen molar-refractivity contribution >= 4 is 16.9 Å². The Hall–Kier alpha value is -1.81. The summed E-state index contributed by atoms with van der Waals surface area (Å²) < 4.78 is 5.59. The number of carbonyl (C=O) groups is 1. The number of β-amino-alcohol motifs (C(OH)–C–C–N with tert-alkyl or cyclic N) is 1. The van der Waals surface area contributed by atoms with E-state index in [0.717, 1.165) is 23.9 Å². The van der Waals surface area contributed by atoms with Crippen LogP contribution in [0.2, 0.25) is 0 Å². The molecular weight excluding hydrogens is 230 g/mol. The lowest BCUT2D eigenvalue weighted by Gasteiger charge is -2.18. The summed E-state index contributed by atoms with van der Waals surface area (Å²) in [5, 5.41) is 11.1. The maximum atomic E-state index is 11.5. The van der Waals surface area contributed by atoms with Crippen molar-refractivity contribution in [3.8, 4) is 0 Å². The first-order valence-electron chi connectivity index (χ1n) is 6.18. The molecule has 1 saturated heterocycles. The molecule has 3 rings (SSSR count). The summed E-state index contributed by atoms with van der Waals surface area (Å²) in [5.41, 5.74) is 0.763. The van der Waals surface area contributed by atoms with E-state index in [-0.39, 0.29) is 5.91 Å². The normalized spacial score (nSPS) is 17.6. The van der Waals surface area contributed by atoms with Crippen molar-refractivity contribution in [2.45, 2.75) is 18.9 Å². The molecule has 4 nitrogen and oxygen atoms in total. The first-order valence-corrected chi connectivity index (χ1v) is 6.18. The second-order valence-corrected chi connectivity index (χ2v) is 4.65. The van der Waals surface area contributed by atoms with Gasteiger partial charge in [-0.1, -0.05) is 18.2 Å². The molecule has 2 heterocycles. The Bertz CT molecular complexity index is 542. The summed E-state index contributed by atoms with van der Waals surface area (Å²) in [5.74, 6) is 0.640. The van der Waals surface area contributed by atoms with E-state index in [1.54, 1.807) is 4.90 Å². The number of carbonyl (C=O) groups excluding carboxylic acids is 1. The summed E-state index contributed by atoms with van der Waals surface area (Å²) in [6.07, 6.45) is 0.720. The molecule has 18 heavy (non-hydrogen) atoms. The molecule has 0 radical (unpaired) electrons. The Kier molecular flexibility index (Phi) is 2.80.